The number of hydrogen-bond donors (Lipinski definition) is 2. The van der Waals surface area contributed by atoms with Crippen LogP contribution in [0, 0.1) is 0 Å². The molecule has 3 N–H and O–H groups in total. The maximum atomic E-state index is 11.6. The van der Waals surface area contributed by atoms with Gasteiger partial charge in [-0.15, -0.1) is 17.9 Å². The van der Waals surface area contributed by atoms with E-state index in [0.29, 0.717) is 23.0 Å². The summed E-state index contributed by atoms with van der Waals surface area (Å²) in [6.07, 6.45) is 4.07. The maximum absolute atomic E-state index is 11.6. The third-order valence-corrected chi connectivity index (χ3v) is 3.91. The Kier molecular flexibility index (Phi) is 3.38. The smallest absolute Gasteiger partial charge is 0.350 e. The van der Waals surface area contributed by atoms with Gasteiger partial charge in [0.1, 0.15) is 4.88 Å². The highest BCUT2D eigenvalue weighted by molar-refractivity contribution is 7.18. The molecule has 0 aliphatic heterocycles. The summed E-state index contributed by atoms with van der Waals surface area (Å²) >= 11 is 1.37. The molecule has 1 aliphatic carbocycles. The highest BCUT2D eigenvalue weighted by Gasteiger charge is 2.32. The Morgan fingerprint density at radius 2 is 2.41 bits per heavy atom. The van der Waals surface area contributed by atoms with Gasteiger partial charge in [0.15, 0.2) is 0 Å². The number of rotatable bonds is 5. The molecule has 4 nitrogen and oxygen atoms in total. The van der Waals surface area contributed by atoms with Crippen LogP contribution in [-0.2, 0) is 4.74 Å². The number of ether oxygens (including phenoxy) is 1. The van der Waals surface area contributed by atoms with Gasteiger partial charge < -0.3 is 15.8 Å². The van der Waals surface area contributed by atoms with Crippen LogP contribution >= 0.6 is 11.3 Å². The molecule has 2 rings (SSSR count). The van der Waals surface area contributed by atoms with Crippen LogP contribution in [0.1, 0.15) is 34.0 Å². The Labute approximate surface area is 104 Å². The van der Waals surface area contributed by atoms with Gasteiger partial charge in [-0.05, 0) is 18.8 Å². The number of nitrogens with one attached hydrogen (secondary N) is 1. The summed E-state index contributed by atoms with van der Waals surface area (Å²) in [5.41, 5.74) is 7.70. The number of carbonyl (C=O) groups is 1. The van der Waals surface area contributed by atoms with E-state index in [2.05, 4.69) is 11.9 Å². The van der Waals surface area contributed by atoms with Gasteiger partial charge >= 0.3 is 5.97 Å². The summed E-state index contributed by atoms with van der Waals surface area (Å²) < 4.78 is 4.73. The number of hydrogen-bond acceptors (Lipinski definition) is 5. The van der Waals surface area contributed by atoms with Crippen molar-refractivity contribution in [3.05, 3.63) is 23.1 Å². The molecule has 0 aromatic carbocycles. The molecule has 0 bridgehead atoms. The van der Waals surface area contributed by atoms with Gasteiger partial charge in [-0.2, -0.15) is 0 Å². The standard InChI is InChI=1S/C12H16N2O2S/c1-3-6-14-11-8(7-4-5-7)9(13)10(17-11)12(15)16-2/h3,7,14H,1,4-6,13H2,2H3. The largest absolute Gasteiger partial charge is 0.465 e. The molecule has 0 atom stereocenters. The van der Waals surface area contributed by atoms with Gasteiger partial charge in [0.05, 0.1) is 17.8 Å². The first kappa shape index (κ1) is 12.0. The quantitative estimate of drug-likeness (QED) is 0.624. The van der Waals surface area contributed by atoms with Crippen molar-refractivity contribution in [2.45, 2.75) is 18.8 Å². The summed E-state index contributed by atoms with van der Waals surface area (Å²) in [6, 6.07) is 0. The van der Waals surface area contributed by atoms with Crippen LogP contribution in [-0.4, -0.2) is 19.6 Å². The zero-order chi connectivity index (χ0) is 12.4. The molecule has 1 saturated carbocycles. The lowest BCUT2D eigenvalue weighted by molar-refractivity contribution is 0.0607. The first-order chi connectivity index (χ1) is 8.19. The van der Waals surface area contributed by atoms with E-state index < -0.39 is 0 Å². The van der Waals surface area contributed by atoms with E-state index in [0.717, 1.165) is 23.4 Å². The number of carbonyl (C=O) groups excluding carboxylic acids is 1. The van der Waals surface area contributed by atoms with Crippen molar-refractivity contribution in [3.63, 3.8) is 0 Å². The van der Waals surface area contributed by atoms with Crippen LogP contribution in [0.15, 0.2) is 12.7 Å². The van der Waals surface area contributed by atoms with Crippen LogP contribution in [0.5, 0.6) is 0 Å². The van der Waals surface area contributed by atoms with Crippen molar-refractivity contribution in [3.8, 4) is 0 Å². The van der Waals surface area contributed by atoms with Gasteiger partial charge in [0.2, 0.25) is 0 Å². The maximum Gasteiger partial charge on any atom is 0.350 e. The fraction of sp³-hybridized carbons (Fsp3) is 0.417. The minimum Gasteiger partial charge on any atom is -0.465 e. The molecule has 0 saturated heterocycles. The lowest BCUT2D eigenvalue weighted by Gasteiger charge is -2.04. The zero-order valence-corrected chi connectivity index (χ0v) is 10.6. The third kappa shape index (κ3) is 2.29. The summed E-state index contributed by atoms with van der Waals surface area (Å²) in [6.45, 7) is 4.33. The summed E-state index contributed by atoms with van der Waals surface area (Å²) in [7, 11) is 1.37. The molecule has 0 amide bonds. The lowest BCUT2D eigenvalue weighted by Crippen LogP contribution is -2.03. The Morgan fingerprint density at radius 3 is 2.94 bits per heavy atom. The Morgan fingerprint density at radius 1 is 1.71 bits per heavy atom. The molecule has 1 aromatic rings. The van der Waals surface area contributed by atoms with E-state index in [1.54, 1.807) is 6.08 Å². The lowest BCUT2D eigenvalue weighted by atomic mass is 10.1. The monoisotopic (exact) mass is 252 g/mol. The van der Waals surface area contributed by atoms with Crippen LogP contribution in [0.3, 0.4) is 0 Å². The number of nitrogens with two attached hydrogens (primary N) is 1. The highest BCUT2D eigenvalue weighted by Crippen LogP contribution is 2.50. The molecule has 0 spiro atoms. The van der Waals surface area contributed by atoms with Crippen LogP contribution in [0.4, 0.5) is 10.7 Å². The SMILES string of the molecule is C=CCNc1sc(C(=O)OC)c(N)c1C1CC1. The average Bonchev–Trinajstić information content (AvgIpc) is 3.11. The second kappa shape index (κ2) is 4.79. The van der Waals surface area contributed by atoms with Gasteiger partial charge in [0, 0.05) is 12.1 Å². The second-order valence-electron chi connectivity index (χ2n) is 4.02. The second-order valence-corrected chi connectivity index (χ2v) is 5.04. The molecular weight excluding hydrogens is 236 g/mol. The Hall–Kier alpha value is -1.49. The minimum atomic E-state index is -0.360. The average molecular weight is 252 g/mol. The molecule has 92 valence electrons. The van der Waals surface area contributed by atoms with Gasteiger partial charge in [-0.25, -0.2) is 4.79 Å². The summed E-state index contributed by atoms with van der Waals surface area (Å²) in [5, 5.41) is 4.21. The van der Waals surface area contributed by atoms with E-state index in [-0.39, 0.29) is 5.97 Å². The van der Waals surface area contributed by atoms with Crippen molar-refractivity contribution >= 4 is 28.0 Å². The summed E-state index contributed by atoms with van der Waals surface area (Å²) in [5.74, 6) is 0.137. The fourth-order valence-electron chi connectivity index (χ4n) is 1.77. The molecule has 0 radical (unpaired) electrons. The number of nitrogen functional groups attached to an aromatic ring is 1. The van der Waals surface area contributed by atoms with Gasteiger partial charge in [-0.1, -0.05) is 6.08 Å². The van der Waals surface area contributed by atoms with Crippen LogP contribution in [0.25, 0.3) is 0 Å². The molecule has 0 unspecified atom stereocenters. The Balaban J connectivity index is 2.35. The molecule has 1 aromatic heterocycles. The van der Waals surface area contributed by atoms with E-state index in [1.165, 1.54) is 18.4 Å². The Bertz CT molecular complexity index is 450. The van der Waals surface area contributed by atoms with Crippen molar-refractivity contribution in [2.24, 2.45) is 0 Å². The zero-order valence-electron chi connectivity index (χ0n) is 9.79. The van der Waals surface area contributed by atoms with Crippen molar-refractivity contribution < 1.29 is 9.53 Å². The first-order valence-electron chi connectivity index (χ1n) is 5.54. The van der Waals surface area contributed by atoms with Crippen molar-refractivity contribution in [1.29, 1.82) is 0 Å². The first-order valence-corrected chi connectivity index (χ1v) is 6.36. The number of methoxy groups -OCH3 is 1. The van der Waals surface area contributed by atoms with E-state index >= 15 is 0 Å². The van der Waals surface area contributed by atoms with Gasteiger partial charge in [-0.3, -0.25) is 0 Å². The highest BCUT2D eigenvalue weighted by atomic mass is 32.1. The number of thiophene rings is 1. The molecule has 5 heteroatoms. The molecule has 17 heavy (non-hydrogen) atoms. The molecule has 1 heterocycles. The molecule has 1 aliphatic rings. The van der Waals surface area contributed by atoms with Crippen molar-refractivity contribution in [1.82, 2.24) is 0 Å². The van der Waals surface area contributed by atoms with Crippen LogP contribution < -0.4 is 11.1 Å². The summed E-state index contributed by atoms with van der Waals surface area (Å²) in [4.78, 5) is 12.1. The van der Waals surface area contributed by atoms with E-state index in [4.69, 9.17) is 10.5 Å². The normalized spacial score (nSPS) is 14.4. The third-order valence-electron chi connectivity index (χ3n) is 2.75. The fourth-order valence-corrected chi connectivity index (χ4v) is 2.91. The molecule has 1 fully saturated rings. The molecular formula is C12H16N2O2S. The topological polar surface area (TPSA) is 64.3 Å². The predicted octanol–water partition coefficient (Wildman–Crippen LogP) is 2.59. The van der Waals surface area contributed by atoms with E-state index in [9.17, 15) is 4.79 Å². The van der Waals surface area contributed by atoms with Gasteiger partial charge in [0.25, 0.3) is 0 Å². The van der Waals surface area contributed by atoms with E-state index in [1.807, 2.05) is 0 Å². The number of anilines is 2. The number of esters is 1. The minimum absolute atomic E-state index is 0.360. The van der Waals surface area contributed by atoms with Crippen LogP contribution in [0.2, 0.25) is 0 Å². The predicted molar refractivity (Wildman–Crippen MR) is 70.7 cm³/mol. The van der Waals surface area contributed by atoms with Crippen molar-refractivity contribution in [2.75, 3.05) is 24.7 Å².